The van der Waals surface area contributed by atoms with Crippen LogP contribution in [0.3, 0.4) is 0 Å². The summed E-state index contributed by atoms with van der Waals surface area (Å²) in [6, 6.07) is 5.66. The normalized spacial score (nSPS) is 10.3. The van der Waals surface area contributed by atoms with E-state index in [1.54, 1.807) is 6.20 Å². The monoisotopic (exact) mass is 226 g/mol. The molecule has 1 aromatic heterocycles. The Morgan fingerprint density at radius 2 is 1.76 bits per heavy atom. The molecule has 0 spiro atoms. The average Bonchev–Trinajstić information content (AvgIpc) is 2.33. The number of hydrogen-bond donors (Lipinski definition) is 0. The maximum atomic E-state index is 12.1. The lowest BCUT2D eigenvalue weighted by Gasteiger charge is -2.04. The molecule has 2 rings (SSSR count). The Balaban J connectivity index is 2.37. The number of carbonyl (C=O) groups is 1. The third-order valence-corrected chi connectivity index (χ3v) is 2.78. The molecule has 0 aliphatic carbocycles. The highest BCUT2D eigenvalue weighted by Crippen LogP contribution is 2.12. The van der Waals surface area contributed by atoms with Gasteiger partial charge in [-0.2, -0.15) is 0 Å². The number of aromatic nitrogens is 2. The van der Waals surface area contributed by atoms with Crippen LogP contribution in [0.5, 0.6) is 0 Å². The van der Waals surface area contributed by atoms with Gasteiger partial charge in [-0.25, -0.2) is 4.98 Å². The van der Waals surface area contributed by atoms with Crippen LogP contribution in [0.2, 0.25) is 0 Å². The highest BCUT2D eigenvalue weighted by Gasteiger charge is 2.11. The van der Waals surface area contributed by atoms with Crippen LogP contribution in [0.15, 0.2) is 30.6 Å². The van der Waals surface area contributed by atoms with Crippen molar-refractivity contribution in [1.29, 1.82) is 0 Å². The van der Waals surface area contributed by atoms with E-state index in [0.29, 0.717) is 11.3 Å². The summed E-state index contributed by atoms with van der Waals surface area (Å²) in [6.45, 7) is 5.86. The van der Waals surface area contributed by atoms with Gasteiger partial charge in [-0.05, 0) is 38.0 Å². The number of carbonyl (C=O) groups excluding carboxylic acids is 1. The highest BCUT2D eigenvalue weighted by atomic mass is 16.1. The molecule has 17 heavy (non-hydrogen) atoms. The molecule has 1 aromatic carbocycles. The molecule has 0 amide bonds. The molecule has 0 N–H and O–H groups in total. The Hall–Kier alpha value is -2.03. The lowest BCUT2D eigenvalue weighted by atomic mass is 10.0. The van der Waals surface area contributed by atoms with Crippen LogP contribution in [0.4, 0.5) is 0 Å². The molecule has 2 aromatic rings. The van der Waals surface area contributed by atoms with E-state index >= 15 is 0 Å². The zero-order chi connectivity index (χ0) is 12.4. The van der Waals surface area contributed by atoms with E-state index in [-0.39, 0.29) is 5.78 Å². The van der Waals surface area contributed by atoms with Gasteiger partial charge in [0.05, 0.1) is 11.9 Å². The summed E-state index contributed by atoms with van der Waals surface area (Å²) in [5, 5.41) is 0. The highest BCUT2D eigenvalue weighted by molar-refractivity contribution is 6.07. The number of rotatable bonds is 2. The van der Waals surface area contributed by atoms with Crippen molar-refractivity contribution in [2.75, 3.05) is 0 Å². The fraction of sp³-hybridized carbons (Fsp3) is 0.214. The smallest absolute Gasteiger partial charge is 0.212 e. The van der Waals surface area contributed by atoms with Crippen molar-refractivity contribution in [3.05, 3.63) is 58.7 Å². The number of hydrogen-bond acceptors (Lipinski definition) is 3. The lowest BCUT2D eigenvalue weighted by molar-refractivity contribution is 0.103. The zero-order valence-corrected chi connectivity index (χ0v) is 10.2. The molecule has 0 saturated heterocycles. The number of benzene rings is 1. The van der Waals surface area contributed by atoms with Gasteiger partial charge in [0.1, 0.15) is 5.69 Å². The van der Waals surface area contributed by atoms with Crippen LogP contribution in [0.1, 0.15) is 32.9 Å². The number of aryl methyl sites for hydroxylation is 3. The average molecular weight is 226 g/mol. The third-order valence-electron chi connectivity index (χ3n) is 2.78. The first-order chi connectivity index (χ1) is 8.08. The van der Waals surface area contributed by atoms with E-state index in [4.69, 9.17) is 0 Å². The van der Waals surface area contributed by atoms with Gasteiger partial charge in [0.25, 0.3) is 0 Å². The molecule has 86 valence electrons. The molecule has 0 atom stereocenters. The maximum Gasteiger partial charge on any atom is 0.212 e. The van der Waals surface area contributed by atoms with Crippen molar-refractivity contribution in [1.82, 2.24) is 9.97 Å². The van der Waals surface area contributed by atoms with Gasteiger partial charge in [0.2, 0.25) is 5.78 Å². The van der Waals surface area contributed by atoms with Gasteiger partial charge >= 0.3 is 0 Å². The summed E-state index contributed by atoms with van der Waals surface area (Å²) in [7, 11) is 0. The van der Waals surface area contributed by atoms with Gasteiger partial charge in [0.15, 0.2) is 0 Å². The minimum atomic E-state index is -0.0828. The lowest BCUT2D eigenvalue weighted by Crippen LogP contribution is -2.05. The first kappa shape index (κ1) is 11.5. The predicted molar refractivity (Wildman–Crippen MR) is 66.1 cm³/mol. The van der Waals surface area contributed by atoms with Crippen LogP contribution in [-0.4, -0.2) is 15.8 Å². The number of nitrogens with zero attached hydrogens (tertiary/aromatic N) is 2. The molecule has 0 saturated carbocycles. The summed E-state index contributed by atoms with van der Waals surface area (Å²) in [5.74, 6) is -0.0828. The molecule has 0 aliphatic rings. The quantitative estimate of drug-likeness (QED) is 0.739. The van der Waals surface area contributed by atoms with Gasteiger partial charge < -0.3 is 0 Å². The second-order valence-electron chi connectivity index (χ2n) is 4.17. The van der Waals surface area contributed by atoms with E-state index in [1.165, 1.54) is 11.8 Å². The number of ketones is 1. The van der Waals surface area contributed by atoms with Crippen molar-refractivity contribution < 1.29 is 4.79 Å². The van der Waals surface area contributed by atoms with Gasteiger partial charge in [-0.15, -0.1) is 0 Å². The van der Waals surface area contributed by atoms with Crippen LogP contribution < -0.4 is 0 Å². The van der Waals surface area contributed by atoms with Crippen molar-refractivity contribution in [3.63, 3.8) is 0 Å². The second kappa shape index (κ2) is 4.45. The largest absolute Gasteiger partial charge is 0.287 e. The maximum absolute atomic E-state index is 12.1. The summed E-state index contributed by atoms with van der Waals surface area (Å²) >= 11 is 0. The fourth-order valence-electron chi connectivity index (χ4n) is 1.54. The molecule has 0 unspecified atom stereocenters. The first-order valence-electron chi connectivity index (χ1n) is 5.48. The van der Waals surface area contributed by atoms with Gasteiger partial charge in [-0.1, -0.05) is 12.1 Å². The first-order valence-corrected chi connectivity index (χ1v) is 5.48. The van der Waals surface area contributed by atoms with E-state index in [9.17, 15) is 4.79 Å². The van der Waals surface area contributed by atoms with Crippen molar-refractivity contribution in [2.45, 2.75) is 20.8 Å². The summed E-state index contributed by atoms with van der Waals surface area (Å²) in [4.78, 5) is 20.3. The zero-order valence-electron chi connectivity index (χ0n) is 10.2. The third kappa shape index (κ3) is 2.38. The Bertz CT molecular complexity index is 559. The predicted octanol–water partition coefficient (Wildman–Crippen LogP) is 2.63. The fourth-order valence-corrected chi connectivity index (χ4v) is 1.54. The molecule has 0 bridgehead atoms. The van der Waals surface area contributed by atoms with E-state index in [1.807, 2.05) is 39.0 Å². The van der Waals surface area contributed by atoms with Crippen LogP contribution in [-0.2, 0) is 0 Å². The summed E-state index contributed by atoms with van der Waals surface area (Å²) < 4.78 is 0. The minimum absolute atomic E-state index is 0.0828. The Morgan fingerprint density at radius 1 is 1.00 bits per heavy atom. The topological polar surface area (TPSA) is 42.9 Å². The standard InChI is InChI=1S/C14H14N2O/c1-9-4-5-12(6-10(9)2)14(17)13-8-15-11(3)7-16-13/h4-8H,1-3H3. The second-order valence-corrected chi connectivity index (χ2v) is 4.17. The molecule has 0 radical (unpaired) electrons. The molecule has 3 nitrogen and oxygen atoms in total. The SMILES string of the molecule is Cc1cnc(C(=O)c2ccc(C)c(C)c2)cn1. The Morgan fingerprint density at radius 3 is 2.35 bits per heavy atom. The molecule has 0 fully saturated rings. The van der Waals surface area contributed by atoms with Crippen LogP contribution in [0.25, 0.3) is 0 Å². The van der Waals surface area contributed by atoms with Crippen LogP contribution >= 0.6 is 0 Å². The van der Waals surface area contributed by atoms with Crippen molar-refractivity contribution in [3.8, 4) is 0 Å². The van der Waals surface area contributed by atoms with Crippen LogP contribution in [0, 0.1) is 20.8 Å². The molecule has 3 heteroatoms. The van der Waals surface area contributed by atoms with Crippen molar-refractivity contribution in [2.24, 2.45) is 0 Å². The molecular weight excluding hydrogens is 212 g/mol. The summed E-state index contributed by atoms with van der Waals surface area (Å²) in [5.41, 5.74) is 4.14. The molecule has 1 heterocycles. The van der Waals surface area contributed by atoms with E-state index in [2.05, 4.69) is 9.97 Å². The van der Waals surface area contributed by atoms with Gasteiger partial charge in [-0.3, -0.25) is 9.78 Å². The summed E-state index contributed by atoms with van der Waals surface area (Å²) in [6.07, 6.45) is 3.13. The van der Waals surface area contributed by atoms with E-state index < -0.39 is 0 Å². The Kier molecular flexibility index (Phi) is 3.00. The van der Waals surface area contributed by atoms with Crippen molar-refractivity contribution >= 4 is 5.78 Å². The minimum Gasteiger partial charge on any atom is -0.287 e. The Labute approximate surface area is 101 Å². The van der Waals surface area contributed by atoms with Gasteiger partial charge in [0, 0.05) is 11.8 Å². The molecule has 0 aliphatic heterocycles. The molecular formula is C14H14N2O. The van der Waals surface area contributed by atoms with E-state index in [0.717, 1.165) is 11.3 Å².